The van der Waals surface area contributed by atoms with Gasteiger partial charge < -0.3 is 9.64 Å². The zero-order valence-electron chi connectivity index (χ0n) is 13.1. The molecule has 2 atom stereocenters. The van der Waals surface area contributed by atoms with E-state index in [0.717, 1.165) is 32.1 Å². The van der Waals surface area contributed by atoms with E-state index in [9.17, 15) is 9.59 Å². The molecular formula is C16H27NO3. The van der Waals surface area contributed by atoms with Crippen LogP contribution in [0, 0.1) is 11.8 Å². The second kappa shape index (κ2) is 5.74. The number of piperidine rings is 1. The molecule has 1 amide bonds. The number of rotatable bonds is 3. The van der Waals surface area contributed by atoms with Crippen molar-refractivity contribution in [3.05, 3.63) is 0 Å². The minimum Gasteiger partial charge on any atom is -0.444 e. The number of hydrogen-bond acceptors (Lipinski definition) is 3. The second-order valence-corrected chi connectivity index (χ2v) is 7.20. The Bertz CT molecular complexity index is 382. The topological polar surface area (TPSA) is 46.6 Å². The SMILES string of the molecule is CC(C(=O)C1CC1)C1CCCCN1C(=O)OC(C)(C)C. The highest BCUT2D eigenvalue weighted by molar-refractivity contribution is 5.86. The molecule has 1 heterocycles. The molecule has 114 valence electrons. The first-order valence-corrected chi connectivity index (χ1v) is 7.83. The van der Waals surface area contributed by atoms with Crippen LogP contribution in [0.5, 0.6) is 0 Å². The Kier molecular flexibility index (Phi) is 4.40. The Morgan fingerprint density at radius 2 is 1.80 bits per heavy atom. The molecule has 0 aromatic carbocycles. The third-order valence-electron chi connectivity index (χ3n) is 4.18. The van der Waals surface area contributed by atoms with E-state index < -0.39 is 5.60 Å². The summed E-state index contributed by atoms with van der Waals surface area (Å²) < 4.78 is 5.49. The molecule has 1 aliphatic carbocycles. The van der Waals surface area contributed by atoms with Gasteiger partial charge in [-0.1, -0.05) is 6.92 Å². The van der Waals surface area contributed by atoms with Gasteiger partial charge in [-0.15, -0.1) is 0 Å². The maximum Gasteiger partial charge on any atom is 0.410 e. The molecule has 4 heteroatoms. The number of nitrogens with zero attached hydrogens (tertiary/aromatic N) is 1. The van der Waals surface area contributed by atoms with Crippen molar-refractivity contribution in [3.63, 3.8) is 0 Å². The third kappa shape index (κ3) is 3.74. The van der Waals surface area contributed by atoms with Gasteiger partial charge in [0.2, 0.25) is 0 Å². The second-order valence-electron chi connectivity index (χ2n) is 7.20. The van der Waals surface area contributed by atoms with Crippen LogP contribution >= 0.6 is 0 Å². The fraction of sp³-hybridized carbons (Fsp3) is 0.875. The molecule has 2 unspecified atom stereocenters. The Morgan fingerprint density at radius 1 is 1.15 bits per heavy atom. The molecule has 0 N–H and O–H groups in total. The molecule has 1 saturated carbocycles. The van der Waals surface area contributed by atoms with Gasteiger partial charge in [0.1, 0.15) is 11.4 Å². The van der Waals surface area contributed by atoms with Gasteiger partial charge in [0.15, 0.2) is 0 Å². The quantitative estimate of drug-likeness (QED) is 0.796. The number of Topliss-reactive ketones (excluding diaryl/α,β-unsaturated/α-hetero) is 1. The molecule has 0 aromatic rings. The predicted molar refractivity (Wildman–Crippen MR) is 77.5 cm³/mol. The predicted octanol–water partition coefficient (Wildman–Crippen LogP) is 3.39. The first-order valence-electron chi connectivity index (χ1n) is 7.83. The van der Waals surface area contributed by atoms with E-state index in [4.69, 9.17) is 4.74 Å². The molecular weight excluding hydrogens is 254 g/mol. The number of carbonyl (C=O) groups excluding carboxylic acids is 2. The number of amides is 1. The van der Waals surface area contributed by atoms with Crippen molar-refractivity contribution in [2.75, 3.05) is 6.54 Å². The maximum atomic E-state index is 12.3. The van der Waals surface area contributed by atoms with Gasteiger partial charge in [-0.25, -0.2) is 4.79 Å². The van der Waals surface area contributed by atoms with Gasteiger partial charge in [0.05, 0.1) is 0 Å². The smallest absolute Gasteiger partial charge is 0.410 e. The van der Waals surface area contributed by atoms with E-state index in [1.165, 1.54) is 0 Å². The van der Waals surface area contributed by atoms with Crippen molar-refractivity contribution in [1.82, 2.24) is 4.90 Å². The summed E-state index contributed by atoms with van der Waals surface area (Å²) >= 11 is 0. The molecule has 2 rings (SSSR count). The van der Waals surface area contributed by atoms with E-state index in [0.29, 0.717) is 12.3 Å². The fourth-order valence-corrected chi connectivity index (χ4v) is 2.95. The summed E-state index contributed by atoms with van der Waals surface area (Å²) in [6.07, 6.45) is 4.80. The molecule has 4 nitrogen and oxygen atoms in total. The summed E-state index contributed by atoms with van der Waals surface area (Å²) in [7, 11) is 0. The molecule has 0 spiro atoms. The lowest BCUT2D eigenvalue weighted by atomic mass is 9.87. The van der Waals surface area contributed by atoms with Gasteiger partial charge in [-0.05, 0) is 52.9 Å². The Hall–Kier alpha value is -1.06. The van der Waals surface area contributed by atoms with Gasteiger partial charge in [-0.3, -0.25) is 4.79 Å². The first kappa shape index (κ1) is 15.3. The zero-order valence-corrected chi connectivity index (χ0v) is 13.1. The summed E-state index contributed by atoms with van der Waals surface area (Å²) in [6, 6.07) is 0.0201. The van der Waals surface area contributed by atoms with Crippen LogP contribution in [-0.2, 0) is 9.53 Å². The van der Waals surface area contributed by atoms with Gasteiger partial charge in [0.25, 0.3) is 0 Å². The molecule has 0 aromatic heterocycles. The van der Waals surface area contributed by atoms with Gasteiger partial charge >= 0.3 is 6.09 Å². The van der Waals surface area contributed by atoms with Crippen molar-refractivity contribution in [3.8, 4) is 0 Å². The van der Waals surface area contributed by atoms with Crippen molar-refractivity contribution in [1.29, 1.82) is 0 Å². The highest BCUT2D eigenvalue weighted by atomic mass is 16.6. The molecule has 0 bridgehead atoms. The van der Waals surface area contributed by atoms with E-state index >= 15 is 0 Å². The van der Waals surface area contributed by atoms with Crippen LogP contribution in [-0.4, -0.2) is 35.0 Å². The van der Waals surface area contributed by atoms with E-state index in [1.807, 2.05) is 27.7 Å². The average molecular weight is 281 g/mol. The Labute approximate surface area is 121 Å². The zero-order chi connectivity index (χ0) is 14.9. The van der Waals surface area contributed by atoms with E-state index in [1.54, 1.807) is 4.90 Å². The van der Waals surface area contributed by atoms with Gasteiger partial charge in [0, 0.05) is 24.4 Å². The minimum absolute atomic E-state index is 0.0201. The largest absolute Gasteiger partial charge is 0.444 e. The summed E-state index contributed by atoms with van der Waals surface area (Å²) in [5.74, 6) is 0.535. The normalized spacial score (nSPS) is 25.2. The highest BCUT2D eigenvalue weighted by Gasteiger charge is 2.40. The molecule has 20 heavy (non-hydrogen) atoms. The fourth-order valence-electron chi connectivity index (χ4n) is 2.95. The monoisotopic (exact) mass is 281 g/mol. The lowest BCUT2D eigenvalue weighted by molar-refractivity contribution is -0.126. The number of ketones is 1. The van der Waals surface area contributed by atoms with E-state index in [-0.39, 0.29) is 24.0 Å². The number of hydrogen-bond donors (Lipinski definition) is 0. The molecule has 2 fully saturated rings. The maximum absolute atomic E-state index is 12.3. The van der Waals surface area contributed by atoms with Crippen molar-refractivity contribution >= 4 is 11.9 Å². The van der Waals surface area contributed by atoms with Crippen molar-refractivity contribution in [2.45, 2.75) is 71.4 Å². The minimum atomic E-state index is -0.483. The standard InChI is InChI=1S/C16H27NO3/c1-11(14(18)12-8-9-12)13-7-5-6-10-17(13)15(19)20-16(2,3)4/h11-13H,5-10H2,1-4H3. The van der Waals surface area contributed by atoms with Crippen LogP contribution in [0.15, 0.2) is 0 Å². The first-order chi connectivity index (χ1) is 9.29. The molecule has 1 saturated heterocycles. The van der Waals surface area contributed by atoms with Crippen LogP contribution in [0.2, 0.25) is 0 Å². The summed E-state index contributed by atoms with van der Waals surface area (Å²) in [4.78, 5) is 26.4. The van der Waals surface area contributed by atoms with Crippen LogP contribution in [0.3, 0.4) is 0 Å². The lowest BCUT2D eigenvalue weighted by Crippen LogP contribution is -2.50. The van der Waals surface area contributed by atoms with Crippen molar-refractivity contribution < 1.29 is 14.3 Å². The third-order valence-corrected chi connectivity index (χ3v) is 4.18. The Balaban J connectivity index is 2.04. The Morgan fingerprint density at radius 3 is 2.35 bits per heavy atom. The van der Waals surface area contributed by atoms with Crippen molar-refractivity contribution in [2.24, 2.45) is 11.8 Å². The number of carbonyl (C=O) groups is 2. The van der Waals surface area contributed by atoms with Crippen LogP contribution in [0.1, 0.15) is 59.8 Å². The van der Waals surface area contributed by atoms with Crippen LogP contribution in [0.4, 0.5) is 4.79 Å². The van der Waals surface area contributed by atoms with Gasteiger partial charge in [-0.2, -0.15) is 0 Å². The summed E-state index contributed by atoms with van der Waals surface area (Å²) in [6.45, 7) is 8.32. The average Bonchev–Trinajstić information content (AvgIpc) is 3.19. The molecule has 0 radical (unpaired) electrons. The molecule has 1 aliphatic heterocycles. The van der Waals surface area contributed by atoms with E-state index in [2.05, 4.69) is 0 Å². The molecule has 2 aliphatic rings. The highest BCUT2D eigenvalue weighted by Crippen LogP contribution is 2.36. The van der Waals surface area contributed by atoms with Crippen LogP contribution < -0.4 is 0 Å². The summed E-state index contributed by atoms with van der Waals surface area (Å²) in [5.41, 5.74) is -0.483. The van der Waals surface area contributed by atoms with Crippen LogP contribution in [0.25, 0.3) is 0 Å². The summed E-state index contributed by atoms with van der Waals surface area (Å²) in [5, 5.41) is 0. The number of ether oxygens (including phenoxy) is 1. The number of likely N-dealkylation sites (tertiary alicyclic amines) is 1. The lowest BCUT2D eigenvalue weighted by Gasteiger charge is -2.39.